The standard InChI is InChI=1S/C19H25N3O3/c1-22(14-19(23)21-11-12-24-2)13-16-6-8-18(9-7-16)25-15-17-5-3-4-10-20-17/h3-10H,11-15H2,1-2H3,(H,21,23). The fraction of sp³-hybridized carbons (Fsp3) is 0.368. The van der Waals surface area contributed by atoms with Crippen LogP contribution in [0.5, 0.6) is 5.75 Å². The lowest BCUT2D eigenvalue weighted by Gasteiger charge is -2.16. The summed E-state index contributed by atoms with van der Waals surface area (Å²) in [6.45, 7) is 2.54. The van der Waals surface area contributed by atoms with E-state index in [-0.39, 0.29) is 5.91 Å². The van der Waals surface area contributed by atoms with Gasteiger partial charge < -0.3 is 14.8 Å². The molecule has 0 saturated carbocycles. The topological polar surface area (TPSA) is 63.7 Å². The first-order valence-corrected chi connectivity index (χ1v) is 8.23. The van der Waals surface area contributed by atoms with Crippen LogP contribution >= 0.6 is 0 Å². The molecule has 0 saturated heterocycles. The van der Waals surface area contributed by atoms with Crippen molar-refractivity contribution in [3.8, 4) is 5.75 Å². The highest BCUT2D eigenvalue weighted by atomic mass is 16.5. The first-order valence-electron chi connectivity index (χ1n) is 8.23. The van der Waals surface area contributed by atoms with Crippen molar-refractivity contribution in [3.05, 3.63) is 59.9 Å². The van der Waals surface area contributed by atoms with Crippen LogP contribution in [-0.4, -0.2) is 49.6 Å². The Balaban J connectivity index is 1.74. The third kappa shape index (κ3) is 7.32. The molecule has 1 aromatic heterocycles. The van der Waals surface area contributed by atoms with Crippen molar-refractivity contribution in [1.82, 2.24) is 15.2 Å². The Hall–Kier alpha value is -2.44. The highest BCUT2D eigenvalue weighted by molar-refractivity contribution is 5.77. The van der Waals surface area contributed by atoms with E-state index in [0.717, 1.165) is 17.0 Å². The number of hydrogen-bond acceptors (Lipinski definition) is 5. The molecule has 1 amide bonds. The number of nitrogens with one attached hydrogen (secondary N) is 1. The fourth-order valence-corrected chi connectivity index (χ4v) is 2.29. The monoisotopic (exact) mass is 343 g/mol. The second-order valence-corrected chi connectivity index (χ2v) is 5.77. The van der Waals surface area contributed by atoms with Crippen molar-refractivity contribution >= 4 is 5.91 Å². The number of aromatic nitrogens is 1. The Morgan fingerprint density at radius 1 is 1.20 bits per heavy atom. The molecule has 1 aromatic carbocycles. The van der Waals surface area contributed by atoms with E-state index in [0.29, 0.717) is 32.8 Å². The molecule has 6 heteroatoms. The third-order valence-corrected chi connectivity index (χ3v) is 3.53. The first kappa shape index (κ1) is 18.9. The summed E-state index contributed by atoms with van der Waals surface area (Å²) in [5, 5.41) is 2.81. The SMILES string of the molecule is COCCNC(=O)CN(C)Cc1ccc(OCc2ccccn2)cc1. The number of methoxy groups -OCH3 is 1. The number of nitrogens with zero attached hydrogens (tertiary/aromatic N) is 2. The predicted octanol–water partition coefficient (Wildman–Crippen LogP) is 1.85. The summed E-state index contributed by atoms with van der Waals surface area (Å²) in [7, 11) is 3.53. The molecule has 0 spiro atoms. The van der Waals surface area contributed by atoms with E-state index in [1.54, 1.807) is 13.3 Å². The predicted molar refractivity (Wildman–Crippen MR) is 96.2 cm³/mol. The zero-order valence-electron chi connectivity index (χ0n) is 14.8. The number of carbonyl (C=O) groups is 1. The van der Waals surface area contributed by atoms with Gasteiger partial charge in [-0.3, -0.25) is 14.7 Å². The number of rotatable bonds is 10. The van der Waals surface area contributed by atoms with Crippen LogP contribution < -0.4 is 10.1 Å². The van der Waals surface area contributed by atoms with E-state index >= 15 is 0 Å². The summed E-state index contributed by atoms with van der Waals surface area (Å²) < 4.78 is 10.6. The molecule has 1 N–H and O–H groups in total. The maximum absolute atomic E-state index is 11.8. The average Bonchev–Trinajstić information content (AvgIpc) is 2.62. The molecular formula is C19H25N3O3. The largest absolute Gasteiger partial charge is 0.487 e. The van der Waals surface area contributed by atoms with Gasteiger partial charge in [0, 0.05) is 26.4 Å². The number of benzene rings is 1. The van der Waals surface area contributed by atoms with Gasteiger partial charge in [0.25, 0.3) is 0 Å². The van der Waals surface area contributed by atoms with Crippen LogP contribution in [-0.2, 0) is 22.7 Å². The van der Waals surface area contributed by atoms with Crippen LogP contribution in [0.3, 0.4) is 0 Å². The minimum atomic E-state index is -0.00476. The number of carbonyl (C=O) groups excluding carboxylic acids is 1. The van der Waals surface area contributed by atoms with Gasteiger partial charge in [0.05, 0.1) is 18.8 Å². The number of likely N-dealkylation sites (N-methyl/N-ethyl adjacent to an activating group) is 1. The smallest absolute Gasteiger partial charge is 0.234 e. The van der Waals surface area contributed by atoms with Crippen molar-refractivity contribution in [2.24, 2.45) is 0 Å². The molecule has 1 heterocycles. The molecule has 0 bridgehead atoms. The molecule has 134 valence electrons. The summed E-state index contributed by atoms with van der Waals surface area (Å²) in [6, 6.07) is 13.6. The molecule has 25 heavy (non-hydrogen) atoms. The number of ether oxygens (including phenoxy) is 2. The van der Waals surface area contributed by atoms with E-state index in [1.165, 1.54) is 0 Å². The van der Waals surface area contributed by atoms with Gasteiger partial charge >= 0.3 is 0 Å². The maximum atomic E-state index is 11.8. The third-order valence-electron chi connectivity index (χ3n) is 3.53. The Labute approximate surface area is 148 Å². The van der Waals surface area contributed by atoms with Crippen LogP contribution in [0.1, 0.15) is 11.3 Å². The number of hydrogen-bond donors (Lipinski definition) is 1. The van der Waals surface area contributed by atoms with Gasteiger partial charge in [0.2, 0.25) is 5.91 Å². The number of pyridine rings is 1. The summed E-state index contributed by atoms with van der Waals surface area (Å²) in [5.41, 5.74) is 2.02. The summed E-state index contributed by atoms with van der Waals surface area (Å²) in [4.78, 5) is 18.0. The zero-order valence-corrected chi connectivity index (χ0v) is 14.8. The normalized spacial score (nSPS) is 10.7. The first-order chi connectivity index (χ1) is 12.2. The van der Waals surface area contributed by atoms with E-state index < -0.39 is 0 Å². The van der Waals surface area contributed by atoms with Crippen molar-refractivity contribution in [1.29, 1.82) is 0 Å². The second-order valence-electron chi connectivity index (χ2n) is 5.77. The lowest BCUT2D eigenvalue weighted by atomic mass is 10.2. The Morgan fingerprint density at radius 2 is 2.00 bits per heavy atom. The van der Waals surface area contributed by atoms with E-state index in [9.17, 15) is 4.79 Å². The minimum Gasteiger partial charge on any atom is -0.487 e. The van der Waals surface area contributed by atoms with E-state index in [2.05, 4.69) is 10.3 Å². The van der Waals surface area contributed by atoms with Gasteiger partial charge in [0.15, 0.2) is 0 Å². The van der Waals surface area contributed by atoms with Crippen molar-refractivity contribution < 1.29 is 14.3 Å². The number of amides is 1. The molecule has 0 radical (unpaired) electrons. The second kappa shape index (κ2) is 10.4. The highest BCUT2D eigenvalue weighted by Crippen LogP contribution is 2.14. The fourth-order valence-electron chi connectivity index (χ4n) is 2.29. The Morgan fingerprint density at radius 3 is 2.68 bits per heavy atom. The van der Waals surface area contributed by atoms with Crippen LogP contribution in [0.2, 0.25) is 0 Å². The maximum Gasteiger partial charge on any atom is 0.234 e. The average molecular weight is 343 g/mol. The molecule has 0 unspecified atom stereocenters. The van der Waals surface area contributed by atoms with Gasteiger partial charge in [-0.25, -0.2) is 0 Å². The molecule has 0 aliphatic carbocycles. The Kier molecular flexibility index (Phi) is 7.88. The van der Waals surface area contributed by atoms with Crippen LogP contribution in [0.15, 0.2) is 48.7 Å². The molecule has 0 fully saturated rings. The van der Waals surface area contributed by atoms with Crippen molar-refractivity contribution in [3.63, 3.8) is 0 Å². The van der Waals surface area contributed by atoms with Crippen molar-refractivity contribution in [2.45, 2.75) is 13.2 Å². The van der Waals surface area contributed by atoms with Crippen molar-refractivity contribution in [2.75, 3.05) is 33.9 Å². The van der Waals surface area contributed by atoms with Gasteiger partial charge in [-0.1, -0.05) is 18.2 Å². The van der Waals surface area contributed by atoms with Crippen LogP contribution in [0.25, 0.3) is 0 Å². The molecule has 2 rings (SSSR count). The molecule has 2 aromatic rings. The zero-order chi connectivity index (χ0) is 17.9. The van der Waals surface area contributed by atoms with Crippen LogP contribution in [0.4, 0.5) is 0 Å². The molecular weight excluding hydrogens is 318 g/mol. The van der Waals surface area contributed by atoms with Crippen LogP contribution in [0, 0.1) is 0 Å². The summed E-state index contributed by atoms with van der Waals surface area (Å²) in [6.07, 6.45) is 1.75. The molecule has 0 aliphatic heterocycles. The van der Waals surface area contributed by atoms with E-state index in [1.807, 2.05) is 54.4 Å². The highest BCUT2D eigenvalue weighted by Gasteiger charge is 2.07. The van der Waals surface area contributed by atoms with Gasteiger partial charge in [-0.05, 0) is 36.9 Å². The Bertz CT molecular complexity index is 632. The quantitative estimate of drug-likeness (QED) is 0.667. The molecule has 0 atom stereocenters. The minimum absolute atomic E-state index is 0.00476. The summed E-state index contributed by atoms with van der Waals surface area (Å²) in [5.74, 6) is 0.796. The lowest BCUT2D eigenvalue weighted by molar-refractivity contribution is -0.122. The van der Waals surface area contributed by atoms with Gasteiger partial charge in [-0.15, -0.1) is 0 Å². The summed E-state index contributed by atoms with van der Waals surface area (Å²) >= 11 is 0. The molecule has 6 nitrogen and oxygen atoms in total. The lowest BCUT2D eigenvalue weighted by Crippen LogP contribution is -2.36. The van der Waals surface area contributed by atoms with E-state index in [4.69, 9.17) is 9.47 Å². The van der Waals surface area contributed by atoms with Gasteiger partial charge in [-0.2, -0.15) is 0 Å². The van der Waals surface area contributed by atoms with Gasteiger partial charge in [0.1, 0.15) is 12.4 Å². The molecule has 0 aliphatic rings.